The zero-order valence-corrected chi connectivity index (χ0v) is 13.2. The van der Waals surface area contributed by atoms with Gasteiger partial charge in [0.15, 0.2) is 6.61 Å². The van der Waals surface area contributed by atoms with Gasteiger partial charge in [0.05, 0.1) is 10.5 Å². The van der Waals surface area contributed by atoms with Crippen molar-refractivity contribution >= 4 is 11.7 Å². The molecular formula is C17H13N3O5. The van der Waals surface area contributed by atoms with Crippen LogP contribution in [-0.2, 0) is 11.3 Å². The van der Waals surface area contributed by atoms with Gasteiger partial charge in [-0.05, 0) is 13.0 Å². The second-order valence-corrected chi connectivity index (χ2v) is 5.16. The molecule has 0 aliphatic rings. The topological polar surface area (TPSA) is 108 Å². The van der Waals surface area contributed by atoms with E-state index in [2.05, 4.69) is 10.1 Å². The van der Waals surface area contributed by atoms with Crippen molar-refractivity contribution in [1.82, 2.24) is 10.1 Å². The predicted molar refractivity (Wildman–Crippen MR) is 86.7 cm³/mol. The molecule has 126 valence electrons. The molecule has 0 bridgehead atoms. The van der Waals surface area contributed by atoms with E-state index >= 15 is 0 Å². The van der Waals surface area contributed by atoms with Gasteiger partial charge in [-0.1, -0.05) is 41.6 Å². The molecule has 0 aliphatic heterocycles. The number of nitrogens with zero attached hydrogens (tertiary/aromatic N) is 3. The average Bonchev–Trinajstić information content (AvgIpc) is 3.09. The molecule has 0 spiro atoms. The number of aromatic nitrogens is 2. The standard InChI is InChI=1S/C17H13N3O5/c1-11-13(8-5-9-14(11)20(22)23)17(21)24-10-15-18-16(19-25-15)12-6-3-2-4-7-12/h2-9H,10H2,1H3. The molecule has 0 saturated heterocycles. The molecule has 8 nitrogen and oxygen atoms in total. The van der Waals surface area contributed by atoms with E-state index in [1.165, 1.54) is 25.1 Å². The summed E-state index contributed by atoms with van der Waals surface area (Å²) in [5.41, 5.74) is 1.00. The molecule has 2 aromatic carbocycles. The van der Waals surface area contributed by atoms with E-state index in [0.29, 0.717) is 5.82 Å². The summed E-state index contributed by atoms with van der Waals surface area (Å²) < 4.78 is 10.2. The quantitative estimate of drug-likeness (QED) is 0.398. The predicted octanol–water partition coefficient (Wildman–Crippen LogP) is 3.31. The first-order chi connectivity index (χ1) is 12.1. The van der Waals surface area contributed by atoms with Crippen LogP contribution in [-0.4, -0.2) is 21.0 Å². The number of ether oxygens (including phenoxy) is 1. The van der Waals surface area contributed by atoms with Crippen LogP contribution in [0.15, 0.2) is 53.1 Å². The van der Waals surface area contributed by atoms with Gasteiger partial charge in [0.2, 0.25) is 5.82 Å². The van der Waals surface area contributed by atoms with Gasteiger partial charge in [-0.3, -0.25) is 10.1 Å². The van der Waals surface area contributed by atoms with Gasteiger partial charge in [-0.15, -0.1) is 0 Å². The summed E-state index contributed by atoms with van der Waals surface area (Å²) in [6.45, 7) is 1.27. The van der Waals surface area contributed by atoms with E-state index < -0.39 is 10.9 Å². The van der Waals surface area contributed by atoms with Crippen molar-refractivity contribution in [2.24, 2.45) is 0 Å². The minimum absolute atomic E-state index is 0.122. The molecule has 25 heavy (non-hydrogen) atoms. The Morgan fingerprint density at radius 3 is 2.68 bits per heavy atom. The average molecular weight is 339 g/mol. The lowest BCUT2D eigenvalue weighted by Gasteiger charge is -2.05. The maximum atomic E-state index is 12.2. The summed E-state index contributed by atoms with van der Waals surface area (Å²) >= 11 is 0. The van der Waals surface area contributed by atoms with Crippen molar-refractivity contribution in [3.63, 3.8) is 0 Å². The number of carbonyl (C=O) groups is 1. The van der Waals surface area contributed by atoms with Gasteiger partial charge in [0.25, 0.3) is 11.6 Å². The number of nitro groups is 1. The fraction of sp³-hybridized carbons (Fsp3) is 0.118. The summed E-state index contributed by atoms with van der Waals surface area (Å²) in [4.78, 5) is 26.7. The Morgan fingerprint density at radius 2 is 1.96 bits per heavy atom. The summed E-state index contributed by atoms with van der Waals surface area (Å²) in [6.07, 6.45) is 0. The summed E-state index contributed by atoms with van der Waals surface area (Å²) in [7, 11) is 0. The Balaban J connectivity index is 1.70. The Morgan fingerprint density at radius 1 is 1.20 bits per heavy atom. The first kappa shape index (κ1) is 16.3. The van der Waals surface area contributed by atoms with Gasteiger partial charge in [-0.2, -0.15) is 4.98 Å². The molecule has 0 amide bonds. The van der Waals surface area contributed by atoms with E-state index in [4.69, 9.17) is 9.26 Å². The van der Waals surface area contributed by atoms with Gasteiger partial charge >= 0.3 is 5.97 Å². The fourth-order valence-corrected chi connectivity index (χ4v) is 2.27. The number of nitro benzene ring substituents is 1. The van der Waals surface area contributed by atoms with E-state index in [9.17, 15) is 14.9 Å². The van der Waals surface area contributed by atoms with Crippen molar-refractivity contribution in [3.05, 3.63) is 75.7 Å². The van der Waals surface area contributed by atoms with Crippen LogP contribution >= 0.6 is 0 Å². The normalized spacial score (nSPS) is 10.4. The molecule has 1 heterocycles. The maximum absolute atomic E-state index is 12.2. The third-order valence-corrected chi connectivity index (χ3v) is 3.55. The Labute approximate surface area is 142 Å². The highest BCUT2D eigenvalue weighted by Gasteiger charge is 2.20. The third-order valence-electron chi connectivity index (χ3n) is 3.55. The highest BCUT2D eigenvalue weighted by atomic mass is 16.6. The van der Waals surface area contributed by atoms with Crippen molar-refractivity contribution < 1.29 is 19.0 Å². The summed E-state index contributed by atoms with van der Waals surface area (Å²) in [6, 6.07) is 13.4. The Bertz CT molecular complexity index is 921. The van der Waals surface area contributed by atoms with Gasteiger partial charge < -0.3 is 9.26 Å². The van der Waals surface area contributed by atoms with Crippen molar-refractivity contribution in [2.45, 2.75) is 13.5 Å². The van der Waals surface area contributed by atoms with Gasteiger partial charge in [-0.25, -0.2) is 4.79 Å². The lowest BCUT2D eigenvalue weighted by molar-refractivity contribution is -0.385. The van der Waals surface area contributed by atoms with Crippen LogP contribution in [0.1, 0.15) is 21.8 Å². The van der Waals surface area contributed by atoms with Crippen molar-refractivity contribution in [1.29, 1.82) is 0 Å². The van der Waals surface area contributed by atoms with Crippen molar-refractivity contribution in [3.8, 4) is 11.4 Å². The zero-order chi connectivity index (χ0) is 17.8. The molecule has 0 saturated carbocycles. The largest absolute Gasteiger partial charge is 0.452 e. The lowest BCUT2D eigenvalue weighted by Crippen LogP contribution is -2.08. The van der Waals surface area contributed by atoms with Crippen LogP contribution in [0.2, 0.25) is 0 Å². The highest BCUT2D eigenvalue weighted by Crippen LogP contribution is 2.22. The van der Waals surface area contributed by atoms with Crippen molar-refractivity contribution in [2.75, 3.05) is 0 Å². The lowest BCUT2D eigenvalue weighted by atomic mass is 10.1. The Hall–Kier alpha value is -3.55. The molecule has 3 aromatic rings. The van der Waals surface area contributed by atoms with E-state index in [1.54, 1.807) is 0 Å². The fourth-order valence-electron chi connectivity index (χ4n) is 2.27. The number of esters is 1. The number of rotatable bonds is 5. The number of carbonyl (C=O) groups excluding carboxylic acids is 1. The van der Waals surface area contributed by atoms with E-state index in [-0.39, 0.29) is 29.3 Å². The van der Waals surface area contributed by atoms with Crippen LogP contribution in [0, 0.1) is 17.0 Å². The second-order valence-electron chi connectivity index (χ2n) is 5.16. The molecule has 0 aliphatic carbocycles. The van der Waals surface area contributed by atoms with Crippen LogP contribution in [0.4, 0.5) is 5.69 Å². The molecule has 8 heteroatoms. The molecule has 0 fully saturated rings. The van der Waals surface area contributed by atoms with Gasteiger partial charge in [0, 0.05) is 17.2 Å². The van der Waals surface area contributed by atoms with Crippen LogP contribution in [0.5, 0.6) is 0 Å². The first-order valence-electron chi connectivity index (χ1n) is 7.35. The monoisotopic (exact) mass is 339 g/mol. The highest BCUT2D eigenvalue weighted by molar-refractivity contribution is 5.92. The molecular weight excluding hydrogens is 326 g/mol. The summed E-state index contributed by atoms with van der Waals surface area (Å²) in [5, 5.41) is 14.8. The second kappa shape index (κ2) is 6.91. The van der Waals surface area contributed by atoms with Crippen LogP contribution in [0.25, 0.3) is 11.4 Å². The minimum atomic E-state index is -0.694. The molecule has 0 N–H and O–H groups in total. The number of benzene rings is 2. The zero-order valence-electron chi connectivity index (χ0n) is 13.2. The van der Waals surface area contributed by atoms with Crippen LogP contribution < -0.4 is 0 Å². The molecule has 0 atom stereocenters. The third kappa shape index (κ3) is 3.52. The molecule has 1 aromatic heterocycles. The van der Waals surface area contributed by atoms with E-state index in [1.807, 2.05) is 30.3 Å². The molecule has 0 unspecified atom stereocenters. The van der Waals surface area contributed by atoms with Gasteiger partial charge in [0.1, 0.15) is 0 Å². The SMILES string of the molecule is Cc1c(C(=O)OCc2nc(-c3ccccc3)no2)cccc1[N+](=O)[O-]. The van der Waals surface area contributed by atoms with E-state index in [0.717, 1.165) is 5.56 Å². The Kier molecular flexibility index (Phi) is 4.51. The summed E-state index contributed by atoms with van der Waals surface area (Å²) in [5.74, 6) is -0.172. The smallest absolute Gasteiger partial charge is 0.339 e. The first-order valence-corrected chi connectivity index (χ1v) is 7.35. The number of hydrogen-bond acceptors (Lipinski definition) is 7. The number of hydrogen-bond donors (Lipinski definition) is 0. The molecule has 0 radical (unpaired) electrons. The maximum Gasteiger partial charge on any atom is 0.339 e. The minimum Gasteiger partial charge on any atom is -0.452 e. The molecule has 3 rings (SSSR count). The van der Waals surface area contributed by atoms with Crippen LogP contribution in [0.3, 0.4) is 0 Å².